The minimum Gasteiger partial charge on any atom is -0.378 e. The van der Waals surface area contributed by atoms with Crippen molar-refractivity contribution in [3.8, 4) is 0 Å². The Morgan fingerprint density at radius 2 is 2.11 bits per heavy atom. The van der Waals surface area contributed by atoms with Gasteiger partial charge in [0.15, 0.2) is 0 Å². The summed E-state index contributed by atoms with van der Waals surface area (Å²) in [6.07, 6.45) is 2.39. The van der Waals surface area contributed by atoms with E-state index in [-0.39, 0.29) is 5.82 Å². The van der Waals surface area contributed by atoms with Gasteiger partial charge in [-0.25, -0.2) is 4.39 Å². The van der Waals surface area contributed by atoms with Crippen molar-refractivity contribution >= 4 is 5.69 Å². The molecule has 0 aliphatic carbocycles. The lowest BCUT2D eigenvalue weighted by molar-refractivity contribution is 0.122. The molecule has 1 aromatic rings. The summed E-state index contributed by atoms with van der Waals surface area (Å²) in [6, 6.07) is 5.25. The van der Waals surface area contributed by atoms with E-state index in [1.807, 2.05) is 6.07 Å². The number of piperidine rings is 1. The number of halogens is 1. The van der Waals surface area contributed by atoms with Crippen LogP contribution < -0.4 is 10.2 Å². The fourth-order valence-corrected chi connectivity index (χ4v) is 3.06. The van der Waals surface area contributed by atoms with Gasteiger partial charge >= 0.3 is 0 Å². The molecule has 2 aliphatic rings. The number of benzene rings is 1. The van der Waals surface area contributed by atoms with Gasteiger partial charge in [-0.15, -0.1) is 0 Å². The first-order chi connectivity index (χ1) is 9.34. The average Bonchev–Trinajstić information content (AvgIpc) is 2.49. The van der Waals surface area contributed by atoms with Crippen LogP contribution in [0.3, 0.4) is 0 Å². The normalized spacial score (nSPS) is 24.5. The molecular weight excluding hydrogens is 243 g/mol. The molecule has 19 heavy (non-hydrogen) atoms. The van der Waals surface area contributed by atoms with Crippen molar-refractivity contribution in [2.75, 3.05) is 44.3 Å². The zero-order chi connectivity index (χ0) is 13.1. The van der Waals surface area contributed by atoms with Gasteiger partial charge in [-0.3, -0.25) is 0 Å². The molecule has 2 fully saturated rings. The molecule has 0 aromatic heterocycles. The molecular formula is C15H21FN2O. The third kappa shape index (κ3) is 2.90. The monoisotopic (exact) mass is 264 g/mol. The predicted octanol–water partition coefficient (Wildman–Crippen LogP) is 2.13. The molecule has 0 amide bonds. The van der Waals surface area contributed by atoms with Gasteiger partial charge < -0.3 is 15.0 Å². The summed E-state index contributed by atoms with van der Waals surface area (Å²) in [5.41, 5.74) is 2.35. The molecule has 1 atom stereocenters. The molecule has 2 aliphatic heterocycles. The number of rotatable bonds is 2. The molecule has 1 N–H and O–H groups in total. The standard InChI is InChI=1S/C15H21FN2O/c16-13-3-4-14(12-2-1-5-17-11-12)15(10-13)18-6-8-19-9-7-18/h3-4,10,12,17H,1-2,5-9,11H2. The van der Waals surface area contributed by atoms with Gasteiger partial charge in [0.1, 0.15) is 5.82 Å². The number of nitrogens with zero attached hydrogens (tertiary/aromatic N) is 1. The molecule has 0 radical (unpaired) electrons. The molecule has 2 heterocycles. The Labute approximate surface area is 113 Å². The second kappa shape index (κ2) is 5.88. The van der Waals surface area contributed by atoms with E-state index >= 15 is 0 Å². The number of hydrogen-bond acceptors (Lipinski definition) is 3. The molecule has 0 bridgehead atoms. The molecule has 1 aromatic carbocycles. The first kappa shape index (κ1) is 12.9. The van der Waals surface area contributed by atoms with Crippen LogP contribution in [0.15, 0.2) is 18.2 Å². The summed E-state index contributed by atoms with van der Waals surface area (Å²) in [4.78, 5) is 2.26. The van der Waals surface area contributed by atoms with E-state index in [9.17, 15) is 4.39 Å². The Balaban J connectivity index is 1.88. The Morgan fingerprint density at radius 3 is 2.84 bits per heavy atom. The summed E-state index contributed by atoms with van der Waals surface area (Å²) in [5, 5.41) is 3.44. The average molecular weight is 264 g/mol. The van der Waals surface area contributed by atoms with Crippen LogP contribution >= 0.6 is 0 Å². The van der Waals surface area contributed by atoms with Gasteiger partial charge in [-0.2, -0.15) is 0 Å². The lowest BCUT2D eigenvalue weighted by Gasteiger charge is -2.33. The fraction of sp³-hybridized carbons (Fsp3) is 0.600. The van der Waals surface area contributed by atoms with Crippen molar-refractivity contribution in [3.63, 3.8) is 0 Å². The molecule has 104 valence electrons. The lowest BCUT2D eigenvalue weighted by atomic mass is 9.90. The highest BCUT2D eigenvalue weighted by Gasteiger charge is 2.22. The Morgan fingerprint density at radius 1 is 1.26 bits per heavy atom. The third-order valence-corrected chi connectivity index (χ3v) is 4.08. The van der Waals surface area contributed by atoms with Gasteiger partial charge in [0.2, 0.25) is 0 Å². The molecule has 2 saturated heterocycles. The Bertz CT molecular complexity index is 426. The van der Waals surface area contributed by atoms with Crippen LogP contribution in [0.4, 0.5) is 10.1 Å². The number of morpholine rings is 1. The third-order valence-electron chi connectivity index (χ3n) is 4.08. The van der Waals surface area contributed by atoms with Gasteiger partial charge in [0.25, 0.3) is 0 Å². The van der Waals surface area contributed by atoms with Gasteiger partial charge in [0.05, 0.1) is 13.2 Å². The quantitative estimate of drug-likeness (QED) is 0.885. The van der Waals surface area contributed by atoms with Crippen molar-refractivity contribution < 1.29 is 9.13 Å². The van der Waals surface area contributed by atoms with Crippen LogP contribution in [0.5, 0.6) is 0 Å². The highest BCUT2D eigenvalue weighted by Crippen LogP contribution is 2.32. The van der Waals surface area contributed by atoms with E-state index in [4.69, 9.17) is 4.74 Å². The van der Waals surface area contributed by atoms with Gasteiger partial charge in [-0.05, 0) is 43.0 Å². The minimum atomic E-state index is -0.144. The fourth-order valence-electron chi connectivity index (χ4n) is 3.06. The van der Waals surface area contributed by atoms with Crippen molar-refractivity contribution in [2.45, 2.75) is 18.8 Å². The lowest BCUT2D eigenvalue weighted by Crippen LogP contribution is -2.38. The smallest absolute Gasteiger partial charge is 0.125 e. The van der Waals surface area contributed by atoms with Crippen molar-refractivity contribution in [2.24, 2.45) is 0 Å². The molecule has 3 rings (SSSR count). The first-order valence-electron chi connectivity index (χ1n) is 7.17. The van der Waals surface area contributed by atoms with Crippen molar-refractivity contribution in [1.82, 2.24) is 5.32 Å². The van der Waals surface area contributed by atoms with Crippen LogP contribution in [-0.2, 0) is 4.74 Å². The number of anilines is 1. The predicted molar refractivity (Wildman–Crippen MR) is 74.3 cm³/mol. The highest BCUT2D eigenvalue weighted by molar-refractivity contribution is 5.56. The molecule has 4 heteroatoms. The SMILES string of the molecule is Fc1ccc(C2CCCNC2)c(N2CCOCC2)c1. The van der Waals surface area contributed by atoms with E-state index in [1.165, 1.54) is 18.4 Å². The summed E-state index contributed by atoms with van der Waals surface area (Å²) in [7, 11) is 0. The number of nitrogens with one attached hydrogen (secondary N) is 1. The van der Waals surface area contributed by atoms with Crippen LogP contribution in [0.1, 0.15) is 24.3 Å². The summed E-state index contributed by atoms with van der Waals surface area (Å²) in [5.74, 6) is 0.362. The topological polar surface area (TPSA) is 24.5 Å². The largest absolute Gasteiger partial charge is 0.378 e. The Kier molecular flexibility index (Phi) is 3.99. The maximum Gasteiger partial charge on any atom is 0.125 e. The van der Waals surface area contributed by atoms with Crippen LogP contribution in [0.2, 0.25) is 0 Å². The van der Waals surface area contributed by atoms with Crippen LogP contribution in [0, 0.1) is 5.82 Å². The molecule has 3 nitrogen and oxygen atoms in total. The van der Waals surface area contributed by atoms with E-state index in [2.05, 4.69) is 10.2 Å². The van der Waals surface area contributed by atoms with E-state index in [0.29, 0.717) is 5.92 Å². The van der Waals surface area contributed by atoms with Gasteiger partial charge in [-0.1, -0.05) is 6.07 Å². The zero-order valence-corrected chi connectivity index (χ0v) is 11.2. The van der Waals surface area contributed by atoms with Crippen molar-refractivity contribution in [3.05, 3.63) is 29.6 Å². The second-order valence-electron chi connectivity index (χ2n) is 5.35. The van der Waals surface area contributed by atoms with Crippen LogP contribution in [-0.4, -0.2) is 39.4 Å². The maximum atomic E-state index is 13.6. The summed E-state index contributed by atoms with van der Waals surface area (Å²) >= 11 is 0. The second-order valence-corrected chi connectivity index (χ2v) is 5.35. The van der Waals surface area contributed by atoms with E-state index < -0.39 is 0 Å². The number of hydrogen-bond donors (Lipinski definition) is 1. The molecule has 0 spiro atoms. The zero-order valence-electron chi connectivity index (χ0n) is 11.2. The van der Waals surface area contributed by atoms with Crippen LogP contribution in [0.25, 0.3) is 0 Å². The molecule has 0 saturated carbocycles. The van der Waals surface area contributed by atoms with E-state index in [0.717, 1.165) is 45.1 Å². The summed E-state index contributed by atoms with van der Waals surface area (Å²) < 4.78 is 19.0. The summed E-state index contributed by atoms with van der Waals surface area (Å²) in [6.45, 7) is 5.29. The highest BCUT2D eigenvalue weighted by atomic mass is 19.1. The number of ether oxygens (including phenoxy) is 1. The van der Waals surface area contributed by atoms with Gasteiger partial charge in [0, 0.05) is 25.3 Å². The van der Waals surface area contributed by atoms with E-state index in [1.54, 1.807) is 12.1 Å². The first-order valence-corrected chi connectivity index (χ1v) is 7.17. The Hall–Kier alpha value is -1.13. The minimum absolute atomic E-state index is 0.144. The van der Waals surface area contributed by atoms with Crippen molar-refractivity contribution in [1.29, 1.82) is 0 Å². The molecule has 1 unspecified atom stereocenters. The maximum absolute atomic E-state index is 13.6.